The van der Waals surface area contributed by atoms with Gasteiger partial charge < -0.3 is 15.7 Å². The van der Waals surface area contributed by atoms with Crippen molar-refractivity contribution >= 4 is 11.7 Å². The van der Waals surface area contributed by atoms with Crippen LogP contribution in [0.5, 0.6) is 0 Å². The van der Waals surface area contributed by atoms with Crippen molar-refractivity contribution in [2.45, 2.75) is 40.2 Å². The first kappa shape index (κ1) is 15.5. The molecule has 0 aliphatic carbocycles. The van der Waals surface area contributed by atoms with E-state index in [0.717, 1.165) is 11.3 Å². The number of para-hydroxylation sites is 1. The number of aryl methyl sites for hydroxylation is 1. The van der Waals surface area contributed by atoms with Crippen LogP contribution in [0, 0.1) is 12.3 Å². The second-order valence-corrected chi connectivity index (χ2v) is 5.87. The van der Waals surface area contributed by atoms with E-state index in [1.54, 1.807) is 0 Å². The summed E-state index contributed by atoms with van der Waals surface area (Å²) in [6, 6.07) is 7.37. The molecule has 0 aliphatic heterocycles. The third-order valence-corrected chi connectivity index (χ3v) is 3.10. The smallest absolute Gasteiger partial charge is 0.319 e. The second-order valence-electron chi connectivity index (χ2n) is 5.87. The van der Waals surface area contributed by atoms with Gasteiger partial charge in [0.25, 0.3) is 0 Å². The van der Waals surface area contributed by atoms with Crippen molar-refractivity contribution in [2.24, 2.45) is 5.41 Å². The minimum Gasteiger partial charge on any atom is -0.393 e. The number of benzene rings is 1. The molecule has 4 heteroatoms. The fourth-order valence-corrected chi connectivity index (χ4v) is 1.64. The minimum atomic E-state index is -0.425. The third kappa shape index (κ3) is 5.30. The maximum atomic E-state index is 11.7. The van der Waals surface area contributed by atoms with Crippen LogP contribution < -0.4 is 10.6 Å². The maximum absolute atomic E-state index is 11.7. The van der Waals surface area contributed by atoms with Crippen molar-refractivity contribution in [3.8, 4) is 0 Å². The zero-order valence-corrected chi connectivity index (χ0v) is 12.2. The van der Waals surface area contributed by atoms with Crippen LogP contribution in [0.2, 0.25) is 0 Å². The molecule has 1 aromatic rings. The number of anilines is 1. The number of aliphatic hydroxyl groups is 1. The molecule has 1 unspecified atom stereocenters. The van der Waals surface area contributed by atoms with Crippen molar-refractivity contribution in [3.63, 3.8) is 0 Å². The number of carbonyl (C=O) groups excluding carboxylic acids is 1. The van der Waals surface area contributed by atoms with Crippen molar-refractivity contribution in [2.75, 3.05) is 11.9 Å². The van der Waals surface area contributed by atoms with E-state index < -0.39 is 6.10 Å². The monoisotopic (exact) mass is 264 g/mol. The molecule has 0 saturated carbocycles. The number of carbonyl (C=O) groups is 1. The molecule has 0 heterocycles. The lowest BCUT2D eigenvalue weighted by atomic mass is 9.87. The molecule has 0 aliphatic rings. The van der Waals surface area contributed by atoms with Gasteiger partial charge in [-0.2, -0.15) is 0 Å². The molecule has 0 spiro atoms. The molecule has 19 heavy (non-hydrogen) atoms. The van der Waals surface area contributed by atoms with Gasteiger partial charge in [0.1, 0.15) is 0 Å². The molecular weight excluding hydrogens is 240 g/mol. The Morgan fingerprint density at radius 2 is 1.95 bits per heavy atom. The first-order valence-corrected chi connectivity index (χ1v) is 6.59. The van der Waals surface area contributed by atoms with Crippen molar-refractivity contribution in [1.29, 1.82) is 0 Å². The van der Waals surface area contributed by atoms with E-state index in [0.29, 0.717) is 13.0 Å². The Kier molecular flexibility index (Phi) is 5.36. The molecule has 3 N–H and O–H groups in total. The van der Waals surface area contributed by atoms with Crippen LogP contribution in [0.3, 0.4) is 0 Å². The Morgan fingerprint density at radius 1 is 1.32 bits per heavy atom. The Balaban J connectivity index is 2.35. The van der Waals surface area contributed by atoms with Crippen LogP contribution in [0.4, 0.5) is 10.5 Å². The predicted molar refractivity (Wildman–Crippen MR) is 78.3 cm³/mol. The van der Waals surface area contributed by atoms with E-state index in [1.165, 1.54) is 0 Å². The summed E-state index contributed by atoms with van der Waals surface area (Å²) >= 11 is 0. The van der Waals surface area contributed by atoms with Gasteiger partial charge in [0, 0.05) is 12.2 Å². The summed E-state index contributed by atoms with van der Waals surface area (Å²) in [7, 11) is 0. The lowest BCUT2D eigenvalue weighted by Crippen LogP contribution is -2.34. The molecule has 0 fully saturated rings. The van der Waals surface area contributed by atoms with Gasteiger partial charge in [-0.15, -0.1) is 0 Å². The van der Waals surface area contributed by atoms with E-state index in [-0.39, 0.29) is 11.4 Å². The van der Waals surface area contributed by atoms with Crippen molar-refractivity contribution in [1.82, 2.24) is 5.32 Å². The molecule has 1 aromatic carbocycles. The zero-order chi connectivity index (χ0) is 14.5. The summed E-state index contributed by atoms with van der Waals surface area (Å²) in [6.07, 6.45) is 0.122. The molecule has 106 valence electrons. The highest BCUT2D eigenvalue weighted by atomic mass is 16.3. The van der Waals surface area contributed by atoms with E-state index in [2.05, 4.69) is 10.6 Å². The zero-order valence-electron chi connectivity index (χ0n) is 12.2. The third-order valence-electron chi connectivity index (χ3n) is 3.10. The van der Waals surface area contributed by atoms with E-state index in [1.807, 2.05) is 52.0 Å². The number of amides is 2. The number of nitrogens with one attached hydrogen (secondary N) is 2. The Bertz CT molecular complexity index is 424. The highest BCUT2D eigenvalue weighted by Gasteiger charge is 2.21. The second kappa shape index (κ2) is 6.57. The number of hydrogen-bond donors (Lipinski definition) is 3. The molecule has 0 radical (unpaired) electrons. The highest BCUT2D eigenvalue weighted by molar-refractivity contribution is 5.89. The van der Waals surface area contributed by atoms with Gasteiger partial charge >= 0.3 is 6.03 Å². The number of rotatable bonds is 4. The topological polar surface area (TPSA) is 61.4 Å². The van der Waals surface area contributed by atoms with Gasteiger partial charge in [-0.25, -0.2) is 4.79 Å². The first-order valence-electron chi connectivity index (χ1n) is 6.59. The minimum absolute atomic E-state index is 0.159. The first-order chi connectivity index (χ1) is 8.80. The Labute approximate surface area is 115 Å². The molecule has 2 amide bonds. The quantitative estimate of drug-likeness (QED) is 0.783. The standard InChI is InChI=1S/C15H24N2O2/c1-11-7-5-6-8-12(11)17-14(19)16-10-9-13(18)15(2,3)4/h5-8,13,18H,9-10H2,1-4H3,(H2,16,17,19). The van der Waals surface area contributed by atoms with E-state index >= 15 is 0 Å². The Morgan fingerprint density at radius 3 is 2.53 bits per heavy atom. The normalized spacial score (nSPS) is 12.9. The molecule has 0 aromatic heterocycles. The van der Waals surface area contributed by atoms with Crippen molar-refractivity contribution in [3.05, 3.63) is 29.8 Å². The summed E-state index contributed by atoms with van der Waals surface area (Å²) < 4.78 is 0. The van der Waals surface area contributed by atoms with Gasteiger partial charge in [0.15, 0.2) is 0 Å². The molecular formula is C15H24N2O2. The number of urea groups is 1. The van der Waals surface area contributed by atoms with Crippen LogP contribution in [-0.4, -0.2) is 23.8 Å². The number of aliphatic hydroxyl groups excluding tert-OH is 1. The summed E-state index contributed by atoms with van der Waals surface area (Å²) in [5.41, 5.74) is 1.66. The number of hydrogen-bond acceptors (Lipinski definition) is 2. The lowest BCUT2D eigenvalue weighted by Gasteiger charge is -2.25. The molecule has 1 atom stereocenters. The van der Waals surface area contributed by atoms with Gasteiger partial charge in [-0.1, -0.05) is 39.0 Å². The van der Waals surface area contributed by atoms with Crippen LogP contribution in [-0.2, 0) is 0 Å². The van der Waals surface area contributed by atoms with Crippen LogP contribution in [0.15, 0.2) is 24.3 Å². The average molecular weight is 264 g/mol. The van der Waals surface area contributed by atoms with Crippen LogP contribution >= 0.6 is 0 Å². The fourth-order valence-electron chi connectivity index (χ4n) is 1.64. The maximum Gasteiger partial charge on any atom is 0.319 e. The summed E-state index contributed by atoms with van der Waals surface area (Å²) in [6.45, 7) is 8.33. The summed E-state index contributed by atoms with van der Waals surface area (Å²) in [4.78, 5) is 11.7. The highest BCUT2D eigenvalue weighted by Crippen LogP contribution is 2.21. The van der Waals surface area contributed by atoms with Gasteiger partial charge in [-0.05, 0) is 30.4 Å². The molecule has 4 nitrogen and oxygen atoms in total. The van der Waals surface area contributed by atoms with Gasteiger partial charge in [0.2, 0.25) is 0 Å². The largest absolute Gasteiger partial charge is 0.393 e. The lowest BCUT2D eigenvalue weighted by molar-refractivity contribution is 0.0565. The molecule has 0 bridgehead atoms. The van der Waals surface area contributed by atoms with E-state index in [9.17, 15) is 9.90 Å². The van der Waals surface area contributed by atoms with Crippen molar-refractivity contribution < 1.29 is 9.90 Å². The summed E-state index contributed by atoms with van der Waals surface area (Å²) in [5, 5.41) is 15.4. The fraction of sp³-hybridized carbons (Fsp3) is 0.533. The van der Waals surface area contributed by atoms with Crippen LogP contribution in [0.1, 0.15) is 32.8 Å². The van der Waals surface area contributed by atoms with Gasteiger partial charge in [-0.3, -0.25) is 0 Å². The molecule has 1 rings (SSSR count). The summed E-state index contributed by atoms with van der Waals surface area (Å²) in [5.74, 6) is 0. The van der Waals surface area contributed by atoms with Crippen LogP contribution in [0.25, 0.3) is 0 Å². The average Bonchev–Trinajstić information content (AvgIpc) is 2.31. The van der Waals surface area contributed by atoms with Gasteiger partial charge in [0.05, 0.1) is 6.10 Å². The molecule has 0 saturated heterocycles. The predicted octanol–water partition coefficient (Wildman–Crippen LogP) is 2.91. The SMILES string of the molecule is Cc1ccccc1NC(=O)NCCC(O)C(C)(C)C. The Hall–Kier alpha value is -1.55. The van der Waals surface area contributed by atoms with E-state index in [4.69, 9.17) is 0 Å².